The number of aromatic nitrogens is 2. The van der Waals surface area contributed by atoms with Crippen LogP contribution in [0.4, 0.5) is 0 Å². The van der Waals surface area contributed by atoms with Gasteiger partial charge in [-0.1, -0.05) is 109 Å². The Morgan fingerprint density at radius 3 is 2.13 bits per heavy atom. The standard InChI is InChI=1S/C50H70N4O9/c1-8-11-12-13-14-15-16-17-18-19-20-21-22-23-43(56)52-40(47(59)63-49(5,6)7)26-27-42(55)51-30-44(57)62-50(10-3)38-29-41-45-36(31-54(41)46(58)37(38)32-61-48(50)60)34(9-2)35-28-33(4)24-25-39(35)53-45/h24-25,28-29,40H,8-23,26-27,30-32H2,1-7H3,(H,51,55)(H,52,56)/t40-,50-/m0/s1. The van der Waals surface area contributed by atoms with E-state index in [1.807, 2.05) is 19.1 Å². The van der Waals surface area contributed by atoms with Gasteiger partial charge in [0.1, 0.15) is 24.8 Å². The van der Waals surface area contributed by atoms with Crippen molar-refractivity contribution in [2.75, 3.05) is 6.54 Å². The van der Waals surface area contributed by atoms with Crippen molar-refractivity contribution in [2.45, 2.75) is 194 Å². The molecule has 0 unspecified atom stereocenters. The van der Waals surface area contributed by atoms with Gasteiger partial charge in [0.15, 0.2) is 0 Å². The largest absolute Gasteiger partial charge is 0.458 e. The van der Waals surface area contributed by atoms with Gasteiger partial charge in [0.05, 0.1) is 29.0 Å². The number of cyclic esters (lactones) is 1. The maximum Gasteiger partial charge on any atom is 0.355 e. The Balaban J connectivity index is 1.16. The smallest absolute Gasteiger partial charge is 0.355 e. The number of aryl methyl sites for hydroxylation is 2. The van der Waals surface area contributed by atoms with Crippen LogP contribution in [0, 0.1) is 6.92 Å². The quantitative estimate of drug-likeness (QED) is 0.0394. The molecule has 13 nitrogen and oxygen atoms in total. The molecular formula is C50H70N4O9. The summed E-state index contributed by atoms with van der Waals surface area (Å²) in [5, 5.41) is 6.31. The van der Waals surface area contributed by atoms with Crippen LogP contribution in [0.2, 0.25) is 0 Å². The van der Waals surface area contributed by atoms with Gasteiger partial charge < -0.3 is 29.4 Å². The SMILES string of the molecule is CCCCCCCCCCCCCCCC(=O)N[C@@H](CCC(=O)NCC(=O)O[C@]1(CC)C(=O)OCc2c1cc1n(c2=O)Cc2c-1nc1ccc(C)cc1c2CC)C(=O)OC(C)(C)C. The van der Waals surface area contributed by atoms with E-state index in [4.69, 9.17) is 19.2 Å². The van der Waals surface area contributed by atoms with Gasteiger partial charge in [-0.15, -0.1) is 0 Å². The highest BCUT2D eigenvalue weighted by molar-refractivity contribution is 5.91. The minimum atomic E-state index is -1.94. The first-order chi connectivity index (χ1) is 30.1. The van der Waals surface area contributed by atoms with Crippen molar-refractivity contribution in [2.24, 2.45) is 0 Å². The maximum absolute atomic E-state index is 14.1. The van der Waals surface area contributed by atoms with Crippen molar-refractivity contribution in [3.8, 4) is 11.4 Å². The molecule has 2 amide bonds. The summed E-state index contributed by atoms with van der Waals surface area (Å²) in [6, 6.07) is 6.71. The highest BCUT2D eigenvalue weighted by Gasteiger charge is 2.50. The molecule has 3 aromatic rings. The van der Waals surface area contributed by atoms with Gasteiger partial charge >= 0.3 is 17.9 Å². The van der Waals surface area contributed by atoms with Crippen molar-refractivity contribution < 1.29 is 38.2 Å². The number of carbonyl (C=O) groups excluding carboxylic acids is 5. The van der Waals surface area contributed by atoms with E-state index in [0.29, 0.717) is 24.4 Å². The fourth-order valence-electron chi connectivity index (χ4n) is 8.79. The van der Waals surface area contributed by atoms with Gasteiger partial charge in [-0.3, -0.25) is 19.2 Å². The second kappa shape index (κ2) is 22.5. The van der Waals surface area contributed by atoms with E-state index in [0.717, 1.165) is 53.3 Å². The molecule has 2 N–H and O–H groups in total. The summed E-state index contributed by atoms with van der Waals surface area (Å²) in [5.74, 6) is -3.25. The van der Waals surface area contributed by atoms with E-state index in [2.05, 4.69) is 30.5 Å². The lowest BCUT2D eigenvalue weighted by Gasteiger charge is -2.35. The zero-order valence-corrected chi connectivity index (χ0v) is 38.8. The van der Waals surface area contributed by atoms with Crippen LogP contribution >= 0.6 is 0 Å². The summed E-state index contributed by atoms with van der Waals surface area (Å²) < 4.78 is 18.6. The monoisotopic (exact) mass is 871 g/mol. The van der Waals surface area contributed by atoms with Gasteiger partial charge in [-0.2, -0.15) is 0 Å². The van der Waals surface area contributed by atoms with E-state index in [9.17, 15) is 28.8 Å². The molecular weight excluding hydrogens is 801 g/mol. The number of amides is 2. The zero-order chi connectivity index (χ0) is 45.7. The first-order valence-electron chi connectivity index (χ1n) is 23.5. The molecule has 0 radical (unpaired) electrons. The zero-order valence-electron chi connectivity index (χ0n) is 38.8. The summed E-state index contributed by atoms with van der Waals surface area (Å²) in [6.07, 6.45) is 16.2. The number of unbranched alkanes of at least 4 members (excludes halogenated alkanes) is 12. The van der Waals surface area contributed by atoms with Crippen molar-refractivity contribution in [3.63, 3.8) is 0 Å². The Kier molecular flexibility index (Phi) is 17.5. The fraction of sp³-hybridized carbons (Fsp3) is 0.620. The summed E-state index contributed by atoms with van der Waals surface area (Å²) in [7, 11) is 0. The number of benzene rings is 1. The van der Waals surface area contributed by atoms with Crippen LogP contribution in [-0.4, -0.2) is 57.5 Å². The van der Waals surface area contributed by atoms with Crippen molar-refractivity contribution in [3.05, 3.63) is 62.4 Å². The lowest BCUT2D eigenvalue weighted by atomic mass is 9.85. The molecule has 63 heavy (non-hydrogen) atoms. The second-order valence-corrected chi connectivity index (χ2v) is 18.3. The van der Waals surface area contributed by atoms with E-state index in [1.54, 1.807) is 38.3 Å². The summed E-state index contributed by atoms with van der Waals surface area (Å²) in [4.78, 5) is 85.2. The maximum atomic E-state index is 14.1. The average Bonchev–Trinajstić information content (AvgIpc) is 3.61. The number of rotatable bonds is 24. The molecule has 0 spiro atoms. The van der Waals surface area contributed by atoms with E-state index < -0.39 is 47.6 Å². The highest BCUT2D eigenvalue weighted by atomic mass is 16.6. The van der Waals surface area contributed by atoms with Gasteiger partial charge in [0, 0.05) is 29.4 Å². The number of hydrogen-bond acceptors (Lipinski definition) is 10. The molecule has 2 aliphatic heterocycles. The number of nitrogens with zero attached hydrogens (tertiary/aromatic N) is 2. The Labute approximate surface area is 372 Å². The van der Waals surface area contributed by atoms with E-state index in [1.165, 1.54) is 57.8 Å². The third kappa shape index (κ3) is 12.6. The predicted octanol–water partition coefficient (Wildman–Crippen LogP) is 8.71. The normalized spacial score (nSPS) is 15.8. The molecule has 1 aromatic carbocycles. The average molecular weight is 871 g/mol. The van der Waals surface area contributed by atoms with Crippen molar-refractivity contribution in [1.29, 1.82) is 0 Å². The van der Waals surface area contributed by atoms with Crippen LogP contribution in [0.3, 0.4) is 0 Å². The Morgan fingerprint density at radius 2 is 1.51 bits per heavy atom. The van der Waals surface area contributed by atoms with Gasteiger partial charge in [0.2, 0.25) is 17.4 Å². The molecule has 2 atom stereocenters. The number of pyridine rings is 2. The number of hydrogen-bond donors (Lipinski definition) is 2. The van der Waals surface area contributed by atoms with Crippen LogP contribution in [0.5, 0.6) is 0 Å². The van der Waals surface area contributed by atoms with E-state index >= 15 is 0 Å². The third-order valence-corrected chi connectivity index (χ3v) is 12.2. The molecule has 2 aromatic heterocycles. The van der Waals surface area contributed by atoms with Crippen LogP contribution in [0.1, 0.15) is 179 Å². The van der Waals surface area contributed by atoms with Crippen molar-refractivity contribution in [1.82, 2.24) is 20.2 Å². The molecule has 13 heteroatoms. The van der Waals surface area contributed by atoms with Gasteiger partial charge in [-0.25, -0.2) is 14.6 Å². The molecule has 0 bridgehead atoms. The summed E-state index contributed by atoms with van der Waals surface area (Å²) >= 11 is 0. The molecule has 0 fully saturated rings. The predicted molar refractivity (Wildman–Crippen MR) is 243 cm³/mol. The molecule has 5 rings (SSSR count). The molecule has 4 heterocycles. The van der Waals surface area contributed by atoms with Gasteiger partial charge in [0.25, 0.3) is 5.56 Å². The Morgan fingerprint density at radius 1 is 0.857 bits per heavy atom. The minimum Gasteiger partial charge on any atom is -0.458 e. The lowest BCUT2D eigenvalue weighted by Crippen LogP contribution is -2.48. The first-order valence-corrected chi connectivity index (χ1v) is 23.5. The minimum absolute atomic E-state index is 0.0323. The Hall–Kier alpha value is -5.07. The van der Waals surface area contributed by atoms with Crippen molar-refractivity contribution >= 4 is 40.6 Å². The number of carbonyl (C=O) groups is 5. The number of ether oxygens (including phenoxy) is 3. The topological polar surface area (TPSA) is 172 Å². The number of esters is 3. The first kappa shape index (κ1) is 49.0. The highest BCUT2D eigenvalue weighted by Crippen LogP contribution is 2.42. The fourth-order valence-corrected chi connectivity index (χ4v) is 8.79. The number of fused-ring (bicyclic) bond motifs is 5. The van der Waals surface area contributed by atoms with Crippen LogP contribution < -0.4 is 16.2 Å². The summed E-state index contributed by atoms with van der Waals surface area (Å²) in [5.41, 5.74) is 2.46. The third-order valence-electron chi connectivity index (χ3n) is 12.2. The molecule has 0 aliphatic carbocycles. The second-order valence-electron chi connectivity index (χ2n) is 18.3. The molecule has 0 saturated carbocycles. The van der Waals surface area contributed by atoms with Crippen LogP contribution in [0.25, 0.3) is 22.3 Å². The molecule has 344 valence electrons. The van der Waals surface area contributed by atoms with Crippen LogP contribution in [0.15, 0.2) is 29.1 Å². The number of nitrogens with one attached hydrogen (secondary N) is 2. The summed E-state index contributed by atoms with van der Waals surface area (Å²) in [6.45, 7) is 12.6. The van der Waals surface area contributed by atoms with E-state index in [-0.39, 0.29) is 54.9 Å². The molecule has 0 saturated heterocycles. The van der Waals surface area contributed by atoms with Crippen LogP contribution in [-0.2, 0) is 63.4 Å². The van der Waals surface area contributed by atoms with Gasteiger partial charge in [-0.05, 0) is 77.1 Å². The molecule has 2 aliphatic rings. The Bertz CT molecular complexity index is 2190. The lowest BCUT2D eigenvalue weighted by molar-refractivity contribution is -0.189.